The molecule has 2 aliphatic rings. The number of nitrogens with zero attached hydrogens (tertiary/aromatic N) is 3. The third kappa shape index (κ3) is 2.27. The number of hydrogen-bond donors (Lipinski definition) is 2. The summed E-state index contributed by atoms with van der Waals surface area (Å²) in [5.74, 6) is 2.58. The molecule has 1 aromatic heterocycles. The third-order valence-corrected chi connectivity index (χ3v) is 3.98. The predicted molar refractivity (Wildman–Crippen MR) is 70.7 cm³/mol. The molecular formula is C13H20N4O. The van der Waals surface area contributed by atoms with Crippen LogP contribution in [-0.4, -0.2) is 40.3 Å². The summed E-state index contributed by atoms with van der Waals surface area (Å²) in [7, 11) is 0. The zero-order chi connectivity index (χ0) is 12.5. The number of hydrogen-bond acceptors (Lipinski definition) is 5. The summed E-state index contributed by atoms with van der Waals surface area (Å²) in [6.45, 7) is 3.41. The molecule has 1 aromatic rings. The van der Waals surface area contributed by atoms with Crippen molar-refractivity contribution in [3.05, 3.63) is 12.4 Å². The maximum absolute atomic E-state index is 9.36. The minimum absolute atomic E-state index is 0.201. The van der Waals surface area contributed by atoms with Gasteiger partial charge in [0.2, 0.25) is 0 Å². The Bertz CT molecular complexity index is 425. The van der Waals surface area contributed by atoms with Gasteiger partial charge in [-0.15, -0.1) is 0 Å². The Morgan fingerprint density at radius 1 is 1.50 bits per heavy atom. The van der Waals surface area contributed by atoms with Crippen LogP contribution in [-0.2, 0) is 0 Å². The maximum Gasteiger partial charge on any atom is 0.134 e. The van der Waals surface area contributed by atoms with Gasteiger partial charge in [0, 0.05) is 18.7 Å². The minimum Gasteiger partial charge on any atom is -0.394 e. The zero-order valence-corrected chi connectivity index (χ0v) is 10.7. The molecule has 0 bridgehead atoms. The fraction of sp³-hybridized carbons (Fsp3) is 0.692. The van der Waals surface area contributed by atoms with Crippen LogP contribution in [0.1, 0.15) is 26.2 Å². The van der Waals surface area contributed by atoms with Crippen molar-refractivity contribution in [2.75, 3.05) is 23.4 Å². The van der Waals surface area contributed by atoms with Gasteiger partial charge >= 0.3 is 0 Å². The van der Waals surface area contributed by atoms with Gasteiger partial charge in [-0.25, -0.2) is 9.97 Å². The first-order valence-electron chi connectivity index (χ1n) is 6.74. The molecule has 0 spiro atoms. The highest BCUT2D eigenvalue weighted by Crippen LogP contribution is 2.33. The van der Waals surface area contributed by atoms with Crippen LogP contribution in [0.15, 0.2) is 12.4 Å². The average Bonchev–Trinajstić information content (AvgIpc) is 2.92. The largest absolute Gasteiger partial charge is 0.394 e. The minimum atomic E-state index is 0.201. The van der Waals surface area contributed by atoms with E-state index in [0.717, 1.165) is 36.9 Å². The molecule has 98 valence electrons. The monoisotopic (exact) mass is 248 g/mol. The van der Waals surface area contributed by atoms with Crippen LogP contribution in [0.4, 0.5) is 11.6 Å². The molecule has 1 saturated carbocycles. The van der Waals surface area contributed by atoms with Crippen LogP contribution >= 0.6 is 0 Å². The first kappa shape index (κ1) is 11.7. The number of aliphatic hydroxyl groups is 1. The Morgan fingerprint density at radius 3 is 3.06 bits per heavy atom. The van der Waals surface area contributed by atoms with Crippen molar-refractivity contribution < 1.29 is 5.11 Å². The van der Waals surface area contributed by atoms with E-state index in [1.165, 1.54) is 6.42 Å². The zero-order valence-electron chi connectivity index (χ0n) is 10.7. The summed E-state index contributed by atoms with van der Waals surface area (Å²) in [6.07, 6.45) is 5.00. The van der Waals surface area contributed by atoms with Crippen LogP contribution in [0.5, 0.6) is 0 Å². The van der Waals surface area contributed by atoms with Gasteiger partial charge in [-0.1, -0.05) is 6.92 Å². The molecule has 1 aliphatic carbocycles. The van der Waals surface area contributed by atoms with E-state index >= 15 is 0 Å². The fourth-order valence-electron chi connectivity index (χ4n) is 2.62. The van der Waals surface area contributed by atoms with Gasteiger partial charge < -0.3 is 15.3 Å². The summed E-state index contributed by atoms with van der Waals surface area (Å²) in [5.41, 5.74) is 0. The lowest BCUT2D eigenvalue weighted by atomic mass is 10.2. The van der Waals surface area contributed by atoms with Crippen LogP contribution in [0.25, 0.3) is 0 Å². The Kier molecular flexibility index (Phi) is 3.07. The van der Waals surface area contributed by atoms with E-state index in [4.69, 9.17) is 0 Å². The van der Waals surface area contributed by atoms with E-state index in [-0.39, 0.29) is 12.6 Å². The van der Waals surface area contributed by atoms with Gasteiger partial charge in [0.05, 0.1) is 12.6 Å². The second-order valence-corrected chi connectivity index (χ2v) is 5.40. The highest BCUT2D eigenvalue weighted by molar-refractivity contribution is 5.50. The average molecular weight is 248 g/mol. The summed E-state index contributed by atoms with van der Waals surface area (Å²) in [4.78, 5) is 10.8. The van der Waals surface area contributed by atoms with Gasteiger partial charge in [-0.3, -0.25) is 0 Å². The number of aliphatic hydroxyl groups excluding tert-OH is 1. The molecule has 3 atom stereocenters. The number of nitrogens with one attached hydrogen (secondary N) is 1. The summed E-state index contributed by atoms with van der Waals surface area (Å²) in [5, 5.41) is 12.8. The van der Waals surface area contributed by atoms with Gasteiger partial charge in [0.25, 0.3) is 0 Å². The molecule has 0 amide bonds. The lowest BCUT2D eigenvalue weighted by Gasteiger charge is -2.24. The normalized spacial score (nSPS) is 30.6. The van der Waals surface area contributed by atoms with Gasteiger partial charge in [-0.05, 0) is 25.2 Å². The molecule has 3 rings (SSSR count). The van der Waals surface area contributed by atoms with Crippen molar-refractivity contribution >= 4 is 11.6 Å². The van der Waals surface area contributed by atoms with Crippen molar-refractivity contribution in [2.24, 2.45) is 5.92 Å². The van der Waals surface area contributed by atoms with Crippen molar-refractivity contribution in [3.63, 3.8) is 0 Å². The Hall–Kier alpha value is -1.36. The molecule has 0 unspecified atom stereocenters. The number of anilines is 2. The topological polar surface area (TPSA) is 61.3 Å². The van der Waals surface area contributed by atoms with Gasteiger partial charge in [0.15, 0.2) is 0 Å². The van der Waals surface area contributed by atoms with Crippen LogP contribution in [0.3, 0.4) is 0 Å². The molecule has 1 saturated heterocycles. The SMILES string of the molecule is C[C@@H]1C[C@@H]1Nc1cc(N2CCC[C@@H]2CO)ncn1. The fourth-order valence-corrected chi connectivity index (χ4v) is 2.62. The van der Waals surface area contributed by atoms with E-state index in [1.807, 2.05) is 6.07 Å². The third-order valence-electron chi connectivity index (χ3n) is 3.98. The molecule has 18 heavy (non-hydrogen) atoms. The molecule has 0 radical (unpaired) electrons. The van der Waals surface area contributed by atoms with Crippen LogP contribution < -0.4 is 10.2 Å². The molecule has 0 aromatic carbocycles. The van der Waals surface area contributed by atoms with Crippen molar-refractivity contribution in [3.8, 4) is 0 Å². The second-order valence-electron chi connectivity index (χ2n) is 5.40. The standard InChI is InChI=1S/C13H20N4O/c1-9-5-11(9)16-12-6-13(15-8-14-12)17-4-2-3-10(17)7-18/h6,8-11,18H,2-5,7H2,1H3,(H,14,15,16)/t9-,10-,11+/m1/s1. The van der Waals surface area contributed by atoms with E-state index in [9.17, 15) is 5.11 Å². The number of aromatic nitrogens is 2. The van der Waals surface area contributed by atoms with E-state index in [2.05, 4.69) is 27.1 Å². The molecule has 2 heterocycles. The summed E-state index contributed by atoms with van der Waals surface area (Å²) in [6, 6.07) is 2.78. The van der Waals surface area contributed by atoms with Crippen molar-refractivity contribution in [1.82, 2.24) is 9.97 Å². The second kappa shape index (κ2) is 4.72. The predicted octanol–water partition coefficient (Wildman–Crippen LogP) is 1.26. The van der Waals surface area contributed by atoms with Crippen LogP contribution in [0, 0.1) is 5.92 Å². The van der Waals surface area contributed by atoms with Crippen molar-refractivity contribution in [2.45, 2.75) is 38.3 Å². The molecule has 5 nitrogen and oxygen atoms in total. The van der Waals surface area contributed by atoms with Crippen molar-refractivity contribution in [1.29, 1.82) is 0 Å². The molecule has 5 heteroatoms. The quantitative estimate of drug-likeness (QED) is 0.840. The first-order chi connectivity index (χ1) is 8.78. The molecule has 1 aliphatic heterocycles. The van der Waals surface area contributed by atoms with Gasteiger partial charge in [0.1, 0.15) is 18.0 Å². The van der Waals surface area contributed by atoms with Gasteiger partial charge in [-0.2, -0.15) is 0 Å². The maximum atomic E-state index is 9.36. The van der Waals surface area contributed by atoms with E-state index < -0.39 is 0 Å². The summed E-state index contributed by atoms with van der Waals surface area (Å²) < 4.78 is 0. The molecule has 2 N–H and O–H groups in total. The molecular weight excluding hydrogens is 228 g/mol. The highest BCUT2D eigenvalue weighted by atomic mass is 16.3. The Morgan fingerprint density at radius 2 is 2.33 bits per heavy atom. The van der Waals surface area contributed by atoms with Crippen LogP contribution in [0.2, 0.25) is 0 Å². The Labute approximate surface area is 107 Å². The Balaban J connectivity index is 1.73. The smallest absolute Gasteiger partial charge is 0.134 e. The van der Waals surface area contributed by atoms with E-state index in [1.54, 1.807) is 6.33 Å². The van der Waals surface area contributed by atoms with E-state index in [0.29, 0.717) is 6.04 Å². The molecule has 2 fully saturated rings. The lowest BCUT2D eigenvalue weighted by molar-refractivity contribution is 0.266. The summed E-state index contributed by atoms with van der Waals surface area (Å²) >= 11 is 0. The lowest BCUT2D eigenvalue weighted by Crippen LogP contribution is -2.32. The number of rotatable bonds is 4. The first-order valence-corrected chi connectivity index (χ1v) is 6.74. The highest BCUT2D eigenvalue weighted by Gasteiger charge is 2.33.